The van der Waals surface area contributed by atoms with Gasteiger partial charge >= 0.3 is 0 Å². The van der Waals surface area contributed by atoms with Crippen LogP contribution in [0.2, 0.25) is 0 Å². The largest absolute Gasteiger partial charge is 0.392 e. The minimum absolute atomic E-state index is 0.120. The first kappa shape index (κ1) is 11.0. The fraction of sp³-hybridized carbons (Fsp3) is 0.455. The number of nitrogens with zero attached hydrogens (tertiary/aromatic N) is 1. The average molecular weight is 197 g/mol. The summed E-state index contributed by atoms with van der Waals surface area (Å²) in [4.78, 5) is 1.97. The van der Waals surface area contributed by atoms with Crippen LogP contribution in [0, 0.1) is 5.82 Å². The fourth-order valence-electron chi connectivity index (χ4n) is 1.41. The molecule has 0 bridgehead atoms. The Balaban J connectivity index is 2.90. The molecule has 1 aromatic carbocycles. The van der Waals surface area contributed by atoms with Crippen LogP contribution in [0.5, 0.6) is 0 Å². The van der Waals surface area contributed by atoms with Crippen LogP contribution in [0.1, 0.15) is 18.9 Å². The van der Waals surface area contributed by atoms with Crippen LogP contribution in [0.4, 0.5) is 10.1 Å². The maximum atomic E-state index is 13.1. The molecule has 0 saturated carbocycles. The normalized spacial score (nSPS) is 10.3. The van der Waals surface area contributed by atoms with E-state index in [4.69, 9.17) is 5.11 Å². The Kier molecular flexibility index (Phi) is 3.89. The highest BCUT2D eigenvalue weighted by molar-refractivity contribution is 5.48. The Hall–Kier alpha value is -1.09. The predicted octanol–water partition coefficient (Wildman–Crippen LogP) is 2.16. The topological polar surface area (TPSA) is 23.5 Å². The first-order valence-electron chi connectivity index (χ1n) is 4.78. The Labute approximate surface area is 84.0 Å². The summed E-state index contributed by atoms with van der Waals surface area (Å²) in [5.41, 5.74) is 1.43. The highest BCUT2D eigenvalue weighted by Crippen LogP contribution is 2.17. The maximum Gasteiger partial charge on any atom is 0.125 e. The highest BCUT2D eigenvalue weighted by Gasteiger charge is 2.03. The second-order valence-corrected chi connectivity index (χ2v) is 3.40. The van der Waals surface area contributed by atoms with Crippen molar-refractivity contribution < 1.29 is 9.50 Å². The summed E-state index contributed by atoms with van der Waals surface area (Å²) in [7, 11) is 1.92. The number of rotatable bonds is 4. The van der Waals surface area contributed by atoms with Crippen LogP contribution in [0.15, 0.2) is 18.2 Å². The van der Waals surface area contributed by atoms with Gasteiger partial charge in [0.25, 0.3) is 0 Å². The number of aliphatic hydroxyl groups excluding tert-OH is 1. The zero-order chi connectivity index (χ0) is 10.6. The van der Waals surface area contributed by atoms with Gasteiger partial charge in [-0.15, -0.1) is 0 Å². The van der Waals surface area contributed by atoms with E-state index in [9.17, 15) is 4.39 Å². The van der Waals surface area contributed by atoms with Gasteiger partial charge in [-0.2, -0.15) is 0 Å². The number of hydrogen-bond donors (Lipinski definition) is 1. The number of halogens is 1. The lowest BCUT2D eigenvalue weighted by molar-refractivity contribution is 0.281. The molecule has 78 valence electrons. The minimum Gasteiger partial charge on any atom is -0.392 e. The molecule has 14 heavy (non-hydrogen) atoms. The van der Waals surface area contributed by atoms with Gasteiger partial charge in [0.15, 0.2) is 0 Å². The molecule has 0 spiro atoms. The van der Waals surface area contributed by atoms with E-state index in [1.165, 1.54) is 12.1 Å². The van der Waals surface area contributed by atoms with E-state index in [0.29, 0.717) is 5.56 Å². The van der Waals surface area contributed by atoms with E-state index in [0.717, 1.165) is 18.7 Å². The molecule has 3 heteroatoms. The average Bonchev–Trinajstić information content (AvgIpc) is 2.17. The molecule has 0 fully saturated rings. The number of benzene rings is 1. The molecule has 2 nitrogen and oxygen atoms in total. The van der Waals surface area contributed by atoms with E-state index in [1.807, 2.05) is 11.9 Å². The predicted molar refractivity (Wildman–Crippen MR) is 55.9 cm³/mol. The smallest absolute Gasteiger partial charge is 0.125 e. The second-order valence-electron chi connectivity index (χ2n) is 3.40. The van der Waals surface area contributed by atoms with Gasteiger partial charge in [0.1, 0.15) is 5.82 Å². The van der Waals surface area contributed by atoms with Crippen molar-refractivity contribution >= 4 is 5.69 Å². The van der Waals surface area contributed by atoms with Gasteiger partial charge in [0.2, 0.25) is 0 Å². The lowest BCUT2D eigenvalue weighted by atomic mass is 10.2. The molecule has 0 amide bonds. The van der Waals surface area contributed by atoms with Crippen molar-refractivity contribution in [2.75, 3.05) is 18.5 Å². The molecule has 0 radical (unpaired) electrons. The molecule has 1 N–H and O–H groups in total. The van der Waals surface area contributed by atoms with Gasteiger partial charge in [-0.05, 0) is 30.2 Å². The Morgan fingerprint density at radius 2 is 2.07 bits per heavy atom. The summed E-state index contributed by atoms with van der Waals surface area (Å²) in [5.74, 6) is -0.297. The third-order valence-corrected chi connectivity index (χ3v) is 2.12. The highest BCUT2D eigenvalue weighted by atomic mass is 19.1. The van der Waals surface area contributed by atoms with Gasteiger partial charge in [0.05, 0.1) is 6.61 Å². The van der Waals surface area contributed by atoms with E-state index in [2.05, 4.69) is 6.92 Å². The fourth-order valence-corrected chi connectivity index (χ4v) is 1.41. The van der Waals surface area contributed by atoms with E-state index in [1.54, 1.807) is 6.07 Å². The van der Waals surface area contributed by atoms with E-state index >= 15 is 0 Å². The monoisotopic (exact) mass is 197 g/mol. The van der Waals surface area contributed by atoms with Gasteiger partial charge in [-0.3, -0.25) is 0 Å². The summed E-state index contributed by atoms with van der Waals surface area (Å²) in [5, 5.41) is 8.91. The van der Waals surface area contributed by atoms with Gasteiger partial charge in [-0.25, -0.2) is 4.39 Å². The number of anilines is 1. The van der Waals surface area contributed by atoms with E-state index in [-0.39, 0.29) is 12.4 Å². The summed E-state index contributed by atoms with van der Waals surface area (Å²) in [6, 6.07) is 4.64. The quantitative estimate of drug-likeness (QED) is 0.799. The first-order chi connectivity index (χ1) is 6.67. The van der Waals surface area contributed by atoms with Crippen molar-refractivity contribution in [3.05, 3.63) is 29.6 Å². The number of aliphatic hydroxyl groups is 1. The summed E-state index contributed by atoms with van der Waals surface area (Å²) in [6.07, 6.45) is 1.02. The van der Waals surface area contributed by atoms with Gasteiger partial charge < -0.3 is 10.0 Å². The van der Waals surface area contributed by atoms with Crippen molar-refractivity contribution in [2.45, 2.75) is 20.0 Å². The Morgan fingerprint density at radius 1 is 1.36 bits per heavy atom. The van der Waals surface area contributed by atoms with Crippen LogP contribution in [-0.4, -0.2) is 18.7 Å². The Morgan fingerprint density at radius 3 is 2.64 bits per heavy atom. The molecule has 1 aromatic rings. The maximum absolute atomic E-state index is 13.1. The van der Waals surface area contributed by atoms with Gasteiger partial charge in [-0.1, -0.05) is 6.92 Å². The molecule has 0 aliphatic rings. The van der Waals surface area contributed by atoms with Gasteiger partial charge in [0, 0.05) is 19.3 Å². The molecule has 1 rings (SSSR count). The molecule has 0 saturated heterocycles. The molecule has 0 atom stereocenters. The van der Waals surface area contributed by atoms with Crippen molar-refractivity contribution in [2.24, 2.45) is 0 Å². The van der Waals surface area contributed by atoms with Crippen LogP contribution >= 0.6 is 0 Å². The second kappa shape index (κ2) is 4.96. The van der Waals surface area contributed by atoms with Crippen LogP contribution in [0.3, 0.4) is 0 Å². The van der Waals surface area contributed by atoms with Crippen LogP contribution in [-0.2, 0) is 6.61 Å². The van der Waals surface area contributed by atoms with Crippen LogP contribution in [0.25, 0.3) is 0 Å². The van der Waals surface area contributed by atoms with Crippen molar-refractivity contribution in [1.29, 1.82) is 0 Å². The minimum atomic E-state index is -0.297. The third kappa shape index (κ3) is 2.70. The molecular formula is C11H16FNO. The van der Waals surface area contributed by atoms with Crippen molar-refractivity contribution in [3.8, 4) is 0 Å². The molecule has 0 unspecified atom stereocenters. The summed E-state index contributed by atoms with van der Waals surface area (Å²) >= 11 is 0. The number of hydrogen-bond acceptors (Lipinski definition) is 2. The lowest BCUT2D eigenvalue weighted by Crippen LogP contribution is -2.18. The summed E-state index contributed by atoms with van der Waals surface area (Å²) in [6.45, 7) is 2.84. The van der Waals surface area contributed by atoms with Crippen LogP contribution < -0.4 is 4.90 Å². The molecule has 0 aliphatic heterocycles. The van der Waals surface area contributed by atoms with E-state index < -0.39 is 0 Å². The molecule has 0 aromatic heterocycles. The lowest BCUT2D eigenvalue weighted by Gasteiger charge is -2.19. The van der Waals surface area contributed by atoms with Crippen molar-refractivity contribution in [1.82, 2.24) is 0 Å². The molecular weight excluding hydrogens is 181 g/mol. The van der Waals surface area contributed by atoms with Crippen molar-refractivity contribution in [3.63, 3.8) is 0 Å². The zero-order valence-electron chi connectivity index (χ0n) is 8.63. The summed E-state index contributed by atoms with van der Waals surface area (Å²) < 4.78 is 13.1. The standard InChI is InChI=1S/C11H16FNO/c1-3-4-13(2)11-6-9(8-14)5-10(12)7-11/h5-7,14H,3-4,8H2,1-2H3. The first-order valence-corrected chi connectivity index (χ1v) is 4.78. The molecule has 0 heterocycles. The third-order valence-electron chi connectivity index (χ3n) is 2.12. The zero-order valence-corrected chi connectivity index (χ0v) is 8.63. The Bertz CT molecular complexity index is 301. The molecule has 0 aliphatic carbocycles. The SMILES string of the molecule is CCCN(C)c1cc(F)cc(CO)c1.